The van der Waals surface area contributed by atoms with E-state index in [2.05, 4.69) is 31.0 Å². The molecule has 1 aromatic carbocycles. The Morgan fingerprint density at radius 2 is 2.00 bits per heavy atom. The van der Waals surface area contributed by atoms with Crippen LogP contribution in [0.5, 0.6) is 0 Å². The number of nitrogens with one attached hydrogen (secondary N) is 2. The Kier molecular flexibility index (Phi) is 7.11. The highest BCUT2D eigenvalue weighted by atomic mass is 32.2. The molecule has 2 heterocycles. The maximum Gasteiger partial charge on any atom is 0.254 e. The van der Waals surface area contributed by atoms with Crippen LogP contribution in [0.4, 0.5) is 9.52 Å². The fraction of sp³-hybridized carbons (Fsp3) is 0.333. The molecule has 12 heteroatoms. The molecule has 30 heavy (non-hydrogen) atoms. The topological polar surface area (TPSA) is 115 Å². The van der Waals surface area contributed by atoms with Crippen molar-refractivity contribution in [1.29, 1.82) is 0 Å². The van der Waals surface area contributed by atoms with Crippen LogP contribution in [-0.2, 0) is 18.3 Å². The number of benzene rings is 1. The molecule has 0 aliphatic carbocycles. The van der Waals surface area contributed by atoms with E-state index in [0.717, 1.165) is 5.01 Å². The summed E-state index contributed by atoms with van der Waals surface area (Å²) in [6, 6.07) is 5.80. The van der Waals surface area contributed by atoms with Crippen molar-refractivity contribution in [2.75, 3.05) is 11.9 Å². The Morgan fingerprint density at radius 3 is 2.70 bits per heavy atom. The largest absolute Gasteiger partial charge is 0.351 e. The Bertz CT molecular complexity index is 1050. The molecule has 158 valence electrons. The number of nitrogens with zero attached hydrogens (tertiary/aromatic N) is 5. The second-order valence-electron chi connectivity index (χ2n) is 6.32. The Labute approximate surface area is 180 Å². The minimum Gasteiger partial charge on any atom is -0.351 e. The number of aryl methyl sites for hydroxylation is 1. The Hall–Kier alpha value is -2.86. The van der Waals surface area contributed by atoms with E-state index in [-0.39, 0.29) is 18.0 Å². The van der Waals surface area contributed by atoms with Gasteiger partial charge in [0.05, 0.1) is 10.8 Å². The van der Waals surface area contributed by atoms with E-state index in [1.165, 1.54) is 41.3 Å². The lowest BCUT2D eigenvalue weighted by Crippen LogP contribution is -2.27. The minimum absolute atomic E-state index is 0.00262. The fourth-order valence-electron chi connectivity index (χ4n) is 2.46. The molecule has 2 N–H and O–H groups in total. The summed E-state index contributed by atoms with van der Waals surface area (Å²) in [5.41, 5.74) is -0.00262. The van der Waals surface area contributed by atoms with Gasteiger partial charge in [-0.15, -0.1) is 20.4 Å². The quantitative estimate of drug-likeness (QED) is 0.507. The standard InChI is InChI=1S/C18H20FN7O2S2/c1-10(15(27)21-17-24-22-11(2)30-17)29-18-25-23-14(26(18)3)8-9-20-16(28)12-6-4-5-7-13(12)19/h4-7,10H,8-9H2,1-3H3,(H,20,28)(H,21,24,27)/t10-/m1/s1. The molecule has 0 saturated heterocycles. The number of hydrogen-bond donors (Lipinski definition) is 2. The monoisotopic (exact) mass is 449 g/mol. The second-order valence-corrected chi connectivity index (χ2v) is 8.81. The van der Waals surface area contributed by atoms with Gasteiger partial charge >= 0.3 is 0 Å². The first kappa shape index (κ1) is 21.8. The molecule has 0 spiro atoms. The summed E-state index contributed by atoms with van der Waals surface area (Å²) < 4.78 is 15.4. The molecule has 0 unspecified atom stereocenters. The first-order valence-corrected chi connectivity index (χ1v) is 10.7. The zero-order chi connectivity index (χ0) is 21.7. The van der Waals surface area contributed by atoms with Gasteiger partial charge in [0.25, 0.3) is 5.91 Å². The van der Waals surface area contributed by atoms with Gasteiger partial charge in [-0.2, -0.15) is 0 Å². The van der Waals surface area contributed by atoms with Crippen molar-refractivity contribution in [1.82, 2.24) is 30.3 Å². The van der Waals surface area contributed by atoms with E-state index in [1.807, 2.05) is 6.92 Å². The average molecular weight is 450 g/mol. The maximum absolute atomic E-state index is 13.7. The van der Waals surface area contributed by atoms with Crippen LogP contribution >= 0.6 is 23.1 Å². The molecule has 3 aromatic rings. The van der Waals surface area contributed by atoms with Crippen LogP contribution in [0.15, 0.2) is 29.4 Å². The van der Waals surface area contributed by atoms with Crippen LogP contribution in [-0.4, -0.2) is 48.6 Å². The fourth-order valence-corrected chi connectivity index (χ4v) is 3.89. The number of amides is 2. The molecule has 2 amide bonds. The lowest BCUT2D eigenvalue weighted by Gasteiger charge is -2.10. The predicted octanol–water partition coefficient (Wildman–Crippen LogP) is 2.21. The number of carbonyl (C=O) groups excluding carboxylic acids is 2. The summed E-state index contributed by atoms with van der Waals surface area (Å²) >= 11 is 2.56. The molecular weight excluding hydrogens is 429 g/mol. The van der Waals surface area contributed by atoms with Crippen LogP contribution in [0.3, 0.4) is 0 Å². The Balaban J connectivity index is 1.52. The van der Waals surface area contributed by atoms with Gasteiger partial charge in [0.2, 0.25) is 11.0 Å². The number of carbonyl (C=O) groups is 2. The maximum atomic E-state index is 13.7. The SMILES string of the molecule is Cc1nnc(NC(=O)[C@@H](C)Sc2nnc(CCNC(=O)c3ccccc3F)n2C)s1. The third kappa shape index (κ3) is 5.39. The van der Waals surface area contributed by atoms with E-state index < -0.39 is 17.0 Å². The van der Waals surface area contributed by atoms with Crippen molar-refractivity contribution in [2.24, 2.45) is 7.05 Å². The molecule has 0 fully saturated rings. The molecule has 9 nitrogen and oxygen atoms in total. The highest BCUT2D eigenvalue weighted by molar-refractivity contribution is 8.00. The van der Waals surface area contributed by atoms with Crippen molar-refractivity contribution >= 4 is 40.0 Å². The summed E-state index contributed by atoms with van der Waals surface area (Å²) in [6.07, 6.45) is 0.412. The van der Waals surface area contributed by atoms with E-state index in [1.54, 1.807) is 24.6 Å². The van der Waals surface area contributed by atoms with Gasteiger partial charge in [0, 0.05) is 20.0 Å². The number of rotatable bonds is 8. The molecule has 1 atom stereocenters. The Morgan fingerprint density at radius 1 is 1.23 bits per heavy atom. The number of thioether (sulfide) groups is 1. The smallest absolute Gasteiger partial charge is 0.254 e. The second kappa shape index (κ2) is 9.76. The highest BCUT2D eigenvalue weighted by Crippen LogP contribution is 2.23. The molecule has 0 aliphatic heterocycles. The molecular formula is C18H20FN7O2S2. The molecule has 3 rings (SSSR count). The first-order chi connectivity index (χ1) is 14.3. The summed E-state index contributed by atoms with van der Waals surface area (Å²) in [5, 5.41) is 22.7. The van der Waals surface area contributed by atoms with Gasteiger partial charge in [0.15, 0.2) is 5.16 Å². The summed E-state index contributed by atoms with van der Waals surface area (Å²) in [4.78, 5) is 24.4. The van der Waals surface area contributed by atoms with Crippen LogP contribution in [0.2, 0.25) is 0 Å². The van der Waals surface area contributed by atoms with Gasteiger partial charge in [0.1, 0.15) is 16.6 Å². The summed E-state index contributed by atoms with van der Waals surface area (Å²) in [5.74, 6) is -0.623. The van der Waals surface area contributed by atoms with Crippen molar-refractivity contribution in [2.45, 2.75) is 30.7 Å². The van der Waals surface area contributed by atoms with Crippen LogP contribution < -0.4 is 10.6 Å². The van der Waals surface area contributed by atoms with Gasteiger partial charge in [-0.3, -0.25) is 14.9 Å². The lowest BCUT2D eigenvalue weighted by atomic mass is 10.2. The zero-order valence-electron chi connectivity index (χ0n) is 16.5. The van der Waals surface area contributed by atoms with Crippen LogP contribution in [0, 0.1) is 12.7 Å². The van der Waals surface area contributed by atoms with Gasteiger partial charge in [-0.1, -0.05) is 35.2 Å². The number of hydrogen-bond acceptors (Lipinski definition) is 8. The summed E-state index contributed by atoms with van der Waals surface area (Å²) in [6.45, 7) is 3.85. The molecule has 2 aromatic heterocycles. The molecule has 0 aliphatic rings. The van der Waals surface area contributed by atoms with Crippen molar-refractivity contribution in [3.63, 3.8) is 0 Å². The predicted molar refractivity (Wildman–Crippen MR) is 112 cm³/mol. The van der Waals surface area contributed by atoms with Crippen LogP contribution in [0.1, 0.15) is 28.1 Å². The van der Waals surface area contributed by atoms with E-state index >= 15 is 0 Å². The third-order valence-electron chi connectivity index (χ3n) is 4.09. The van der Waals surface area contributed by atoms with E-state index in [0.29, 0.717) is 22.5 Å². The number of aromatic nitrogens is 5. The number of halogens is 1. The molecule has 0 bridgehead atoms. The van der Waals surface area contributed by atoms with Crippen molar-refractivity contribution in [3.05, 3.63) is 46.5 Å². The van der Waals surface area contributed by atoms with Crippen LogP contribution in [0.25, 0.3) is 0 Å². The lowest BCUT2D eigenvalue weighted by molar-refractivity contribution is -0.115. The van der Waals surface area contributed by atoms with E-state index in [4.69, 9.17) is 0 Å². The third-order valence-corrected chi connectivity index (χ3v) is 5.97. The summed E-state index contributed by atoms with van der Waals surface area (Å²) in [7, 11) is 1.79. The van der Waals surface area contributed by atoms with E-state index in [9.17, 15) is 14.0 Å². The zero-order valence-corrected chi connectivity index (χ0v) is 18.2. The molecule has 0 radical (unpaired) electrons. The van der Waals surface area contributed by atoms with Gasteiger partial charge < -0.3 is 9.88 Å². The average Bonchev–Trinajstić information content (AvgIpc) is 3.28. The van der Waals surface area contributed by atoms with Gasteiger partial charge in [-0.05, 0) is 26.0 Å². The number of anilines is 1. The van der Waals surface area contributed by atoms with Crippen molar-refractivity contribution < 1.29 is 14.0 Å². The highest BCUT2D eigenvalue weighted by Gasteiger charge is 2.20. The van der Waals surface area contributed by atoms with Gasteiger partial charge in [-0.25, -0.2) is 4.39 Å². The van der Waals surface area contributed by atoms with Crippen molar-refractivity contribution in [3.8, 4) is 0 Å². The minimum atomic E-state index is -0.566. The normalized spacial score (nSPS) is 11.9. The molecule has 0 saturated carbocycles. The first-order valence-electron chi connectivity index (χ1n) is 9.03.